The third-order valence-electron chi connectivity index (χ3n) is 5.90. The Kier molecular flexibility index (Phi) is 4.70. The van der Waals surface area contributed by atoms with Gasteiger partial charge in [-0.15, -0.1) is 0 Å². The van der Waals surface area contributed by atoms with Gasteiger partial charge >= 0.3 is 0 Å². The Morgan fingerprint density at radius 2 is 1.71 bits per heavy atom. The van der Waals surface area contributed by atoms with Crippen LogP contribution in [0.1, 0.15) is 35.3 Å². The molecular weight excluding hydrogens is 386 g/mol. The monoisotopic (exact) mass is 411 g/mol. The molecule has 3 aromatic heterocycles. The third-order valence-corrected chi connectivity index (χ3v) is 5.90. The Labute approximate surface area is 180 Å². The maximum atomic E-state index is 5.61. The van der Waals surface area contributed by atoms with Gasteiger partial charge in [-0.25, -0.2) is 0 Å². The van der Waals surface area contributed by atoms with Crippen LogP contribution in [0.3, 0.4) is 0 Å². The molecule has 156 valence electrons. The third kappa shape index (κ3) is 3.24. The Morgan fingerprint density at radius 1 is 0.935 bits per heavy atom. The highest BCUT2D eigenvalue weighted by molar-refractivity contribution is 5.93. The molecule has 3 heterocycles. The van der Waals surface area contributed by atoms with Crippen molar-refractivity contribution in [1.82, 2.24) is 25.0 Å². The van der Waals surface area contributed by atoms with Crippen LogP contribution in [-0.2, 0) is 6.42 Å². The number of nitrogens with one attached hydrogen (secondary N) is 1. The molecule has 5 rings (SSSR count). The molecule has 0 radical (unpaired) electrons. The van der Waals surface area contributed by atoms with Crippen LogP contribution in [0.5, 0.6) is 5.75 Å². The Morgan fingerprint density at radius 3 is 2.48 bits per heavy atom. The molecular formula is C25H25N5O. The largest absolute Gasteiger partial charge is 0.494 e. The fourth-order valence-electron chi connectivity index (χ4n) is 4.53. The lowest BCUT2D eigenvalue weighted by molar-refractivity contribution is 0.340. The summed E-state index contributed by atoms with van der Waals surface area (Å²) < 4.78 is 7.90. The predicted octanol–water partition coefficient (Wildman–Crippen LogP) is 5.21. The van der Waals surface area contributed by atoms with E-state index in [1.165, 1.54) is 27.7 Å². The van der Waals surface area contributed by atoms with Crippen LogP contribution in [0.4, 0.5) is 0 Å². The van der Waals surface area contributed by atoms with E-state index in [1.807, 2.05) is 32.2 Å². The van der Waals surface area contributed by atoms with Gasteiger partial charge in [0.2, 0.25) is 0 Å². The first-order valence-electron chi connectivity index (χ1n) is 10.6. The molecule has 0 aliphatic carbocycles. The molecule has 1 N–H and O–H groups in total. The molecule has 0 fully saturated rings. The van der Waals surface area contributed by atoms with Crippen molar-refractivity contribution in [2.24, 2.45) is 0 Å². The molecule has 0 unspecified atom stereocenters. The van der Waals surface area contributed by atoms with Gasteiger partial charge in [0, 0.05) is 39.7 Å². The van der Waals surface area contributed by atoms with E-state index in [1.54, 1.807) is 0 Å². The molecule has 6 heteroatoms. The zero-order valence-corrected chi connectivity index (χ0v) is 18.2. The number of benzene rings is 2. The van der Waals surface area contributed by atoms with Gasteiger partial charge in [-0.2, -0.15) is 15.3 Å². The van der Waals surface area contributed by atoms with E-state index in [4.69, 9.17) is 4.74 Å². The van der Waals surface area contributed by atoms with Crippen molar-refractivity contribution in [2.45, 2.75) is 34.1 Å². The van der Waals surface area contributed by atoms with Crippen molar-refractivity contribution in [1.29, 1.82) is 0 Å². The minimum Gasteiger partial charge on any atom is -0.494 e. The molecule has 0 aliphatic rings. The average molecular weight is 412 g/mol. The van der Waals surface area contributed by atoms with Crippen molar-refractivity contribution >= 4 is 21.7 Å². The second-order valence-electron chi connectivity index (χ2n) is 7.88. The van der Waals surface area contributed by atoms with Crippen molar-refractivity contribution in [3.63, 3.8) is 0 Å². The van der Waals surface area contributed by atoms with Gasteiger partial charge in [-0.3, -0.25) is 5.10 Å². The molecule has 0 spiro atoms. The summed E-state index contributed by atoms with van der Waals surface area (Å²) in [7, 11) is 0. The highest BCUT2D eigenvalue weighted by atomic mass is 16.5. The van der Waals surface area contributed by atoms with Crippen molar-refractivity contribution < 1.29 is 4.74 Å². The molecule has 0 amide bonds. The number of nitrogens with zero attached hydrogens (tertiary/aromatic N) is 4. The first-order valence-corrected chi connectivity index (χ1v) is 10.6. The zero-order valence-electron chi connectivity index (χ0n) is 18.2. The first kappa shape index (κ1) is 19.3. The number of H-pyrrole nitrogens is 1. The summed E-state index contributed by atoms with van der Waals surface area (Å²) in [6.45, 7) is 9.01. The molecule has 31 heavy (non-hydrogen) atoms. The van der Waals surface area contributed by atoms with E-state index in [9.17, 15) is 0 Å². The molecule has 0 bridgehead atoms. The molecule has 0 saturated heterocycles. The second kappa shape index (κ2) is 7.54. The zero-order chi connectivity index (χ0) is 21.5. The van der Waals surface area contributed by atoms with E-state index in [2.05, 4.69) is 69.1 Å². The van der Waals surface area contributed by atoms with Crippen LogP contribution in [0.25, 0.3) is 27.4 Å². The summed E-state index contributed by atoms with van der Waals surface area (Å²) in [5, 5.41) is 19.7. The van der Waals surface area contributed by atoms with Crippen molar-refractivity contribution in [3.05, 3.63) is 77.0 Å². The standard InChI is InChI=1S/C25H25N5O/c1-5-31-21-9-7-20(8-10-21)30-16(3)24-15(2)27-29-23(25(24)17(30)4)13-18-6-11-22-19(12-18)14-26-28-22/h6-12,14H,5,13H2,1-4H3,(H,26,28). The Bertz CT molecular complexity index is 1400. The number of aromatic nitrogens is 5. The number of ether oxygens (including phenoxy) is 1. The number of hydrogen-bond acceptors (Lipinski definition) is 4. The number of aryl methyl sites for hydroxylation is 3. The van der Waals surface area contributed by atoms with Crippen molar-refractivity contribution in [3.8, 4) is 11.4 Å². The normalized spacial score (nSPS) is 11.5. The number of aromatic amines is 1. The lowest BCUT2D eigenvalue weighted by atomic mass is 10.0. The topological polar surface area (TPSA) is 68.6 Å². The highest BCUT2D eigenvalue weighted by Crippen LogP contribution is 2.33. The van der Waals surface area contributed by atoms with Crippen LogP contribution in [0.2, 0.25) is 0 Å². The first-order chi connectivity index (χ1) is 15.1. The van der Waals surface area contributed by atoms with Crippen molar-refractivity contribution in [2.75, 3.05) is 6.61 Å². The summed E-state index contributed by atoms with van der Waals surface area (Å²) in [6.07, 6.45) is 2.57. The summed E-state index contributed by atoms with van der Waals surface area (Å²) >= 11 is 0. The van der Waals surface area contributed by atoms with Gasteiger partial charge in [0.25, 0.3) is 0 Å². The minimum atomic E-state index is 0.662. The number of fused-ring (bicyclic) bond motifs is 2. The van der Waals surface area contributed by atoms with Gasteiger partial charge in [-0.1, -0.05) is 6.07 Å². The van der Waals surface area contributed by atoms with Gasteiger partial charge in [-0.05, 0) is 69.7 Å². The van der Waals surface area contributed by atoms with Crippen LogP contribution in [0.15, 0.2) is 48.7 Å². The SMILES string of the molecule is CCOc1ccc(-n2c(C)c3c(C)nnc(Cc4ccc5[nH]ncc5c4)c3c2C)cc1. The summed E-state index contributed by atoms with van der Waals surface area (Å²) in [6, 6.07) is 14.6. The van der Waals surface area contributed by atoms with Crippen LogP contribution >= 0.6 is 0 Å². The fraction of sp³-hybridized carbons (Fsp3) is 0.240. The van der Waals surface area contributed by atoms with E-state index >= 15 is 0 Å². The molecule has 0 aliphatic heterocycles. The Hall–Kier alpha value is -3.67. The quantitative estimate of drug-likeness (QED) is 0.431. The highest BCUT2D eigenvalue weighted by Gasteiger charge is 2.19. The molecule has 5 aromatic rings. The van der Waals surface area contributed by atoms with Gasteiger partial charge in [0.15, 0.2) is 0 Å². The molecule has 2 aromatic carbocycles. The molecule has 0 atom stereocenters. The lowest BCUT2D eigenvalue weighted by Crippen LogP contribution is -2.00. The molecule has 6 nitrogen and oxygen atoms in total. The smallest absolute Gasteiger partial charge is 0.119 e. The van der Waals surface area contributed by atoms with E-state index in [0.29, 0.717) is 6.61 Å². The summed E-state index contributed by atoms with van der Waals surface area (Å²) in [5.41, 5.74) is 7.64. The number of rotatable bonds is 5. The van der Waals surface area contributed by atoms with Crippen LogP contribution in [-0.4, -0.2) is 31.6 Å². The second-order valence-corrected chi connectivity index (χ2v) is 7.88. The maximum absolute atomic E-state index is 5.61. The van der Waals surface area contributed by atoms with Gasteiger partial charge in [0.1, 0.15) is 5.75 Å². The van der Waals surface area contributed by atoms with Gasteiger partial charge < -0.3 is 9.30 Å². The van der Waals surface area contributed by atoms with E-state index < -0.39 is 0 Å². The Balaban J connectivity index is 1.63. The summed E-state index contributed by atoms with van der Waals surface area (Å²) in [5.74, 6) is 0.883. The minimum absolute atomic E-state index is 0.662. The van der Waals surface area contributed by atoms with Crippen LogP contribution < -0.4 is 4.74 Å². The average Bonchev–Trinajstić information content (AvgIpc) is 3.33. The van der Waals surface area contributed by atoms with E-state index in [0.717, 1.165) is 40.1 Å². The predicted molar refractivity (Wildman–Crippen MR) is 123 cm³/mol. The van der Waals surface area contributed by atoms with E-state index in [-0.39, 0.29) is 0 Å². The summed E-state index contributed by atoms with van der Waals surface area (Å²) in [4.78, 5) is 0. The fourth-order valence-corrected chi connectivity index (χ4v) is 4.53. The lowest BCUT2D eigenvalue weighted by Gasteiger charge is -2.11. The number of hydrogen-bond donors (Lipinski definition) is 1. The van der Waals surface area contributed by atoms with Crippen LogP contribution in [0, 0.1) is 20.8 Å². The maximum Gasteiger partial charge on any atom is 0.119 e. The molecule has 0 saturated carbocycles. The van der Waals surface area contributed by atoms with Gasteiger partial charge in [0.05, 0.1) is 29.7 Å².